The molecule has 0 bridgehead atoms. The number of amides is 2. The van der Waals surface area contributed by atoms with Gasteiger partial charge >= 0.3 is 0 Å². The first-order valence-electron chi connectivity index (χ1n) is 7.97. The molecule has 0 heterocycles. The van der Waals surface area contributed by atoms with Crippen molar-refractivity contribution in [2.24, 2.45) is 0 Å². The lowest BCUT2D eigenvalue weighted by molar-refractivity contribution is -0.116. The van der Waals surface area contributed by atoms with Crippen molar-refractivity contribution in [3.63, 3.8) is 0 Å². The van der Waals surface area contributed by atoms with Gasteiger partial charge in [-0.1, -0.05) is 41.7 Å². The van der Waals surface area contributed by atoms with E-state index in [9.17, 15) is 9.59 Å². The zero-order valence-corrected chi connectivity index (χ0v) is 16.3. The van der Waals surface area contributed by atoms with Gasteiger partial charge in [0.05, 0.1) is 27.3 Å². The highest BCUT2D eigenvalue weighted by atomic mass is 35.5. The molecule has 138 valence electrons. The van der Waals surface area contributed by atoms with E-state index in [1.165, 1.54) is 12.1 Å². The van der Waals surface area contributed by atoms with Crippen LogP contribution in [-0.2, 0) is 9.59 Å². The van der Waals surface area contributed by atoms with Crippen LogP contribution >= 0.6 is 34.8 Å². The number of hydrogen-bond acceptors (Lipinski definition) is 3. The molecule has 0 aliphatic carbocycles. The van der Waals surface area contributed by atoms with Crippen LogP contribution < -0.4 is 16.0 Å². The first-order valence-corrected chi connectivity index (χ1v) is 9.10. The van der Waals surface area contributed by atoms with Crippen molar-refractivity contribution in [3.8, 4) is 0 Å². The molecule has 0 saturated carbocycles. The molecule has 2 aromatic rings. The van der Waals surface area contributed by atoms with Gasteiger partial charge in [0.15, 0.2) is 0 Å². The highest BCUT2D eigenvalue weighted by Crippen LogP contribution is 2.32. The van der Waals surface area contributed by atoms with Gasteiger partial charge in [-0.25, -0.2) is 0 Å². The lowest BCUT2D eigenvalue weighted by atomic mass is 10.2. The molecule has 0 aromatic heterocycles. The summed E-state index contributed by atoms with van der Waals surface area (Å²) in [5.74, 6) is -0.309. The van der Waals surface area contributed by atoms with E-state index < -0.39 is 0 Å². The fourth-order valence-corrected chi connectivity index (χ4v) is 2.71. The number of carbonyl (C=O) groups is 2. The van der Waals surface area contributed by atoms with Crippen LogP contribution in [0.3, 0.4) is 0 Å². The SMILES string of the molecule is CCCC(=O)Nc1ccc(NCC(=O)Nc2cc(Cl)c(Cl)cc2Cl)cc1. The number of nitrogens with one attached hydrogen (secondary N) is 3. The zero-order chi connectivity index (χ0) is 19.1. The summed E-state index contributed by atoms with van der Waals surface area (Å²) in [6, 6.07) is 10.1. The molecule has 0 atom stereocenters. The van der Waals surface area contributed by atoms with E-state index in [1.807, 2.05) is 6.92 Å². The van der Waals surface area contributed by atoms with Crippen LogP contribution in [0.15, 0.2) is 36.4 Å². The molecule has 0 aliphatic rings. The molecule has 0 aliphatic heterocycles. The largest absolute Gasteiger partial charge is 0.376 e. The third kappa shape index (κ3) is 6.09. The van der Waals surface area contributed by atoms with Crippen molar-refractivity contribution < 1.29 is 9.59 Å². The van der Waals surface area contributed by atoms with E-state index in [4.69, 9.17) is 34.8 Å². The minimum atomic E-state index is -0.286. The first-order chi connectivity index (χ1) is 12.4. The lowest BCUT2D eigenvalue weighted by Crippen LogP contribution is -2.22. The van der Waals surface area contributed by atoms with E-state index in [0.29, 0.717) is 32.9 Å². The van der Waals surface area contributed by atoms with Gasteiger partial charge in [0, 0.05) is 17.8 Å². The van der Waals surface area contributed by atoms with E-state index in [1.54, 1.807) is 24.3 Å². The predicted molar refractivity (Wildman–Crippen MR) is 109 cm³/mol. The predicted octanol–water partition coefficient (Wildman–Crippen LogP) is 5.44. The minimum absolute atomic E-state index is 0.0221. The maximum Gasteiger partial charge on any atom is 0.243 e. The molecule has 0 radical (unpaired) electrons. The van der Waals surface area contributed by atoms with E-state index in [0.717, 1.165) is 12.1 Å². The molecule has 2 rings (SSSR count). The first kappa shape index (κ1) is 20.4. The molecule has 8 heteroatoms. The van der Waals surface area contributed by atoms with Crippen LogP contribution in [-0.4, -0.2) is 18.4 Å². The van der Waals surface area contributed by atoms with Gasteiger partial charge in [0.25, 0.3) is 0 Å². The third-order valence-electron chi connectivity index (χ3n) is 3.38. The second-order valence-electron chi connectivity index (χ2n) is 5.52. The van der Waals surface area contributed by atoms with Gasteiger partial charge in [0.1, 0.15) is 0 Å². The molecule has 0 fully saturated rings. The normalized spacial score (nSPS) is 10.3. The summed E-state index contributed by atoms with van der Waals surface area (Å²) in [5.41, 5.74) is 1.84. The van der Waals surface area contributed by atoms with E-state index >= 15 is 0 Å². The average Bonchev–Trinajstić information content (AvgIpc) is 2.59. The van der Waals surface area contributed by atoms with Crippen molar-refractivity contribution in [2.45, 2.75) is 19.8 Å². The van der Waals surface area contributed by atoms with Gasteiger partial charge in [0.2, 0.25) is 11.8 Å². The van der Waals surface area contributed by atoms with Crippen molar-refractivity contribution in [3.05, 3.63) is 51.5 Å². The lowest BCUT2D eigenvalue weighted by Gasteiger charge is -2.11. The van der Waals surface area contributed by atoms with Crippen LogP contribution in [0, 0.1) is 0 Å². The van der Waals surface area contributed by atoms with Crippen LogP contribution in [0.2, 0.25) is 15.1 Å². The quantitative estimate of drug-likeness (QED) is 0.529. The van der Waals surface area contributed by atoms with Crippen molar-refractivity contribution in [1.29, 1.82) is 0 Å². The molecule has 0 unspecified atom stereocenters. The summed E-state index contributed by atoms with van der Waals surface area (Å²) in [7, 11) is 0. The number of anilines is 3. The fraction of sp³-hybridized carbons (Fsp3) is 0.222. The maximum atomic E-state index is 12.1. The van der Waals surface area contributed by atoms with Crippen LogP contribution in [0.1, 0.15) is 19.8 Å². The molecule has 26 heavy (non-hydrogen) atoms. The highest BCUT2D eigenvalue weighted by molar-refractivity contribution is 6.44. The summed E-state index contributed by atoms with van der Waals surface area (Å²) in [6.07, 6.45) is 1.28. The zero-order valence-electron chi connectivity index (χ0n) is 14.0. The maximum absolute atomic E-state index is 12.1. The fourth-order valence-electron chi connectivity index (χ4n) is 2.12. The highest BCUT2D eigenvalue weighted by Gasteiger charge is 2.09. The third-order valence-corrected chi connectivity index (χ3v) is 4.42. The molecule has 3 N–H and O–H groups in total. The summed E-state index contributed by atoms with van der Waals surface area (Å²) in [5, 5.41) is 9.38. The molecule has 0 spiro atoms. The van der Waals surface area contributed by atoms with Crippen LogP contribution in [0.5, 0.6) is 0 Å². The summed E-state index contributed by atoms with van der Waals surface area (Å²) < 4.78 is 0. The molecular formula is C18H18Cl3N3O2. The average molecular weight is 415 g/mol. The Labute approximate surface area is 167 Å². The summed E-state index contributed by atoms with van der Waals surface area (Å²) in [6.45, 7) is 1.99. The number of rotatable bonds is 7. The minimum Gasteiger partial charge on any atom is -0.376 e. The Morgan fingerprint density at radius 2 is 1.46 bits per heavy atom. The number of benzene rings is 2. The summed E-state index contributed by atoms with van der Waals surface area (Å²) >= 11 is 17.8. The summed E-state index contributed by atoms with van der Waals surface area (Å²) in [4.78, 5) is 23.6. The Bertz CT molecular complexity index is 795. The van der Waals surface area contributed by atoms with Crippen LogP contribution in [0.25, 0.3) is 0 Å². The topological polar surface area (TPSA) is 70.2 Å². The number of hydrogen-bond donors (Lipinski definition) is 3. The van der Waals surface area contributed by atoms with Gasteiger partial charge in [-0.2, -0.15) is 0 Å². The van der Waals surface area contributed by atoms with Gasteiger partial charge in [-0.05, 0) is 42.8 Å². The Balaban J connectivity index is 1.87. The molecular weight excluding hydrogens is 397 g/mol. The van der Waals surface area contributed by atoms with E-state index in [-0.39, 0.29) is 18.4 Å². The Hall–Kier alpha value is -1.95. The standard InChI is InChI=1S/C18H18Cl3N3O2/c1-2-3-17(25)23-12-6-4-11(5-7-12)22-10-18(26)24-16-9-14(20)13(19)8-15(16)21/h4-9,22H,2-3,10H2,1H3,(H,23,25)(H,24,26). The Morgan fingerprint density at radius 1 is 0.846 bits per heavy atom. The van der Waals surface area contributed by atoms with Crippen molar-refractivity contribution in [2.75, 3.05) is 22.5 Å². The molecule has 0 saturated heterocycles. The number of halogens is 3. The molecule has 2 aromatic carbocycles. The molecule has 2 amide bonds. The second kappa shape index (κ2) is 9.67. The number of carbonyl (C=O) groups excluding carboxylic acids is 2. The van der Waals surface area contributed by atoms with E-state index in [2.05, 4.69) is 16.0 Å². The Kier molecular flexibility index (Phi) is 7.57. The van der Waals surface area contributed by atoms with Gasteiger partial charge in [-0.15, -0.1) is 0 Å². The smallest absolute Gasteiger partial charge is 0.243 e. The van der Waals surface area contributed by atoms with Gasteiger partial charge < -0.3 is 16.0 Å². The second-order valence-corrected chi connectivity index (χ2v) is 6.75. The monoisotopic (exact) mass is 413 g/mol. The Morgan fingerprint density at radius 3 is 2.12 bits per heavy atom. The van der Waals surface area contributed by atoms with Gasteiger partial charge in [-0.3, -0.25) is 9.59 Å². The van der Waals surface area contributed by atoms with Crippen LogP contribution in [0.4, 0.5) is 17.1 Å². The van der Waals surface area contributed by atoms with Crippen molar-refractivity contribution >= 4 is 63.7 Å². The van der Waals surface area contributed by atoms with Crippen molar-refractivity contribution in [1.82, 2.24) is 0 Å². The molecule has 5 nitrogen and oxygen atoms in total.